The number of nitrogens with zero attached hydrogens (tertiary/aromatic N) is 1. The van der Waals surface area contributed by atoms with Crippen LogP contribution in [0.5, 0.6) is 0 Å². The van der Waals surface area contributed by atoms with Crippen molar-refractivity contribution in [2.75, 3.05) is 20.6 Å². The Hall–Kier alpha value is -0.380. The lowest BCUT2D eigenvalue weighted by molar-refractivity contribution is -0.924. The number of aliphatic hydroxyl groups is 2. The predicted molar refractivity (Wildman–Crippen MR) is 82.3 cm³/mol. The maximum absolute atomic E-state index is 11.0. The summed E-state index contributed by atoms with van der Waals surface area (Å²) >= 11 is 0. The van der Waals surface area contributed by atoms with Gasteiger partial charge in [0.15, 0.2) is 0 Å². The first-order valence-corrected chi connectivity index (χ1v) is 8.15. The molecule has 0 amide bonds. The normalized spacial score (nSPS) is 40.9. The summed E-state index contributed by atoms with van der Waals surface area (Å²) in [5.41, 5.74) is -1.45. The van der Waals surface area contributed by atoms with E-state index in [1.54, 1.807) is 0 Å². The van der Waals surface area contributed by atoms with Gasteiger partial charge >= 0.3 is 0 Å². The Morgan fingerprint density at radius 2 is 1.60 bits per heavy atom. The van der Waals surface area contributed by atoms with Crippen LogP contribution in [0.25, 0.3) is 0 Å². The third-order valence-corrected chi connectivity index (χ3v) is 5.81. The molecule has 0 aromatic rings. The molecule has 2 N–H and O–H groups in total. The number of hydrogen-bond donors (Lipinski definition) is 2. The molecule has 0 bridgehead atoms. The van der Waals surface area contributed by atoms with Gasteiger partial charge in [-0.1, -0.05) is 38.3 Å². The maximum atomic E-state index is 11.0. The molecule has 3 atom stereocenters. The van der Waals surface area contributed by atoms with E-state index in [9.17, 15) is 10.2 Å². The fourth-order valence-electron chi connectivity index (χ4n) is 3.83. The van der Waals surface area contributed by atoms with Crippen LogP contribution in [-0.4, -0.2) is 52.6 Å². The number of quaternary nitrogens is 1. The molecule has 0 radical (unpaired) electrons. The van der Waals surface area contributed by atoms with Crippen molar-refractivity contribution in [1.29, 1.82) is 0 Å². The second-order valence-corrected chi connectivity index (χ2v) is 7.90. The van der Waals surface area contributed by atoms with Gasteiger partial charge < -0.3 is 14.7 Å². The summed E-state index contributed by atoms with van der Waals surface area (Å²) in [5, 5.41) is 21.5. The lowest BCUT2D eigenvalue weighted by Gasteiger charge is -2.49. The molecule has 2 rings (SSSR count). The Morgan fingerprint density at radius 3 is 2.20 bits per heavy atom. The van der Waals surface area contributed by atoms with E-state index in [-0.39, 0.29) is 5.92 Å². The molecule has 1 heterocycles. The molecule has 3 nitrogen and oxygen atoms in total. The number of hydrogen-bond acceptors (Lipinski definition) is 2. The minimum Gasteiger partial charge on any atom is -0.386 e. The van der Waals surface area contributed by atoms with Gasteiger partial charge in [-0.15, -0.1) is 0 Å². The van der Waals surface area contributed by atoms with Gasteiger partial charge in [-0.25, -0.2) is 0 Å². The van der Waals surface area contributed by atoms with Crippen molar-refractivity contribution in [3.05, 3.63) is 12.2 Å². The number of piperidine rings is 1. The van der Waals surface area contributed by atoms with Gasteiger partial charge in [-0.05, 0) is 19.8 Å². The molecule has 0 aromatic heterocycles. The van der Waals surface area contributed by atoms with Crippen molar-refractivity contribution in [3.8, 4) is 0 Å². The lowest BCUT2D eigenvalue weighted by atomic mass is 9.76. The van der Waals surface area contributed by atoms with Crippen LogP contribution in [-0.2, 0) is 0 Å². The molecule has 20 heavy (non-hydrogen) atoms. The monoisotopic (exact) mass is 282 g/mol. The van der Waals surface area contributed by atoms with E-state index in [1.807, 2.05) is 12.2 Å². The average Bonchev–Trinajstić information content (AvgIpc) is 2.35. The van der Waals surface area contributed by atoms with Gasteiger partial charge in [0, 0.05) is 12.3 Å². The summed E-state index contributed by atoms with van der Waals surface area (Å²) in [6.07, 6.45) is 9.67. The van der Waals surface area contributed by atoms with E-state index in [2.05, 4.69) is 27.9 Å². The van der Waals surface area contributed by atoms with Gasteiger partial charge in [0.25, 0.3) is 0 Å². The second-order valence-electron chi connectivity index (χ2n) is 7.90. The van der Waals surface area contributed by atoms with Gasteiger partial charge in [0.1, 0.15) is 0 Å². The first kappa shape index (κ1) is 16.0. The van der Waals surface area contributed by atoms with Crippen LogP contribution in [0, 0.1) is 5.92 Å². The zero-order chi connectivity index (χ0) is 15.0. The Balaban J connectivity index is 2.10. The van der Waals surface area contributed by atoms with Crippen LogP contribution in [0.15, 0.2) is 12.2 Å². The Morgan fingerprint density at radius 1 is 1.00 bits per heavy atom. The van der Waals surface area contributed by atoms with E-state index in [1.165, 1.54) is 6.42 Å². The van der Waals surface area contributed by atoms with E-state index < -0.39 is 11.2 Å². The molecular weight excluding hydrogens is 250 g/mol. The third kappa shape index (κ3) is 3.26. The highest BCUT2D eigenvalue weighted by molar-refractivity contribution is 5.12. The fraction of sp³-hybridized carbons (Fsp3) is 0.882. The van der Waals surface area contributed by atoms with Gasteiger partial charge in [0.2, 0.25) is 0 Å². The summed E-state index contributed by atoms with van der Waals surface area (Å²) in [6.45, 7) is 5.31. The second kappa shape index (κ2) is 5.43. The molecule has 2 aliphatic rings. The highest BCUT2D eigenvalue weighted by atomic mass is 16.3. The van der Waals surface area contributed by atoms with Gasteiger partial charge in [-0.3, -0.25) is 0 Å². The van der Waals surface area contributed by atoms with Crippen LogP contribution in [0.3, 0.4) is 0 Å². The maximum Gasteiger partial charge on any atom is 0.0963 e. The first-order valence-electron chi connectivity index (χ1n) is 8.15. The minimum absolute atomic E-state index is 0.220. The topological polar surface area (TPSA) is 40.5 Å². The molecule has 3 heteroatoms. The molecule has 2 fully saturated rings. The zero-order valence-corrected chi connectivity index (χ0v) is 13.6. The molecule has 1 saturated carbocycles. The first-order chi connectivity index (χ1) is 9.17. The zero-order valence-electron chi connectivity index (χ0n) is 13.6. The average molecular weight is 282 g/mol. The van der Waals surface area contributed by atoms with Gasteiger partial charge in [0.05, 0.1) is 37.9 Å². The Bertz CT molecular complexity index is 371. The minimum atomic E-state index is -0.764. The summed E-state index contributed by atoms with van der Waals surface area (Å²) < 4.78 is 0.960. The van der Waals surface area contributed by atoms with E-state index in [0.29, 0.717) is 6.04 Å². The van der Waals surface area contributed by atoms with Crippen molar-refractivity contribution in [3.63, 3.8) is 0 Å². The molecular formula is C17H32NO2+. The van der Waals surface area contributed by atoms with Gasteiger partial charge in [-0.2, -0.15) is 0 Å². The SMILES string of the molecule is C[C@@H]1C[N+](C)(C)[C@H](C)C[C@@]1(O)/C=C/C1(O)CCCCC1. The highest BCUT2D eigenvalue weighted by Gasteiger charge is 2.46. The summed E-state index contributed by atoms with van der Waals surface area (Å²) in [4.78, 5) is 0. The van der Waals surface area contributed by atoms with Crippen molar-refractivity contribution in [2.24, 2.45) is 5.92 Å². The molecule has 0 aromatic carbocycles. The van der Waals surface area contributed by atoms with Crippen molar-refractivity contribution in [1.82, 2.24) is 0 Å². The molecule has 1 aliphatic heterocycles. The van der Waals surface area contributed by atoms with Crippen LogP contribution >= 0.6 is 0 Å². The van der Waals surface area contributed by atoms with E-state index in [0.717, 1.165) is 43.1 Å². The highest BCUT2D eigenvalue weighted by Crippen LogP contribution is 2.37. The Labute approximate surface area is 123 Å². The standard InChI is InChI=1S/C17H32NO2/c1-14-13-18(3,4)15(2)12-17(14,20)11-10-16(19)8-6-5-7-9-16/h10-11,14-15,19-20H,5-9,12-13H2,1-4H3/q+1/b11-10+/t14-,15-,17+/m1/s1. The quantitative estimate of drug-likeness (QED) is 0.603. The van der Waals surface area contributed by atoms with Crippen LogP contribution in [0.1, 0.15) is 52.4 Å². The molecule has 1 aliphatic carbocycles. The summed E-state index contributed by atoms with van der Waals surface area (Å²) in [7, 11) is 4.47. The van der Waals surface area contributed by atoms with E-state index >= 15 is 0 Å². The predicted octanol–water partition coefficient (Wildman–Crippen LogP) is 2.47. The molecule has 0 spiro atoms. The third-order valence-electron chi connectivity index (χ3n) is 5.81. The van der Waals surface area contributed by atoms with Crippen molar-refractivity contribution < 1.29 is 14.7 Å². The molecule has 116 valence electrons. The van der Waals surface area contributed by atoms with Crippen molar-refractivity contribution in [2.45, 2.75) is 69.6 Å². The van der Waals surface area contributed by atoms with Crippen molar-refractivity contribution >= 4 is 0 Å². The smallest absolute Gasteiger partial charge is 0.0963 e. The summed E-state index contributed by atoms with van der Waals surface area (Å²) in [5.74, 6) is 0.220. The van der Waals surface area contributed by atoms with Crippen LogP contribution in [0.2, 0.25) is 0 Å². The van der Waals surface area contributed by atoms with E-state index in [4.69, 9.17) is 0 Å². The van der Waals surface area contributed by atoms with Crippen LogP contribution in [0.4, 0.5) is 0 Å². The summed E-state index contributed by atoms with van der Waals surface area (Å²) in [6, 6.07) is 0.432. The number of rotatable bonds is 2. The lowest BCUT2D eigenvalue weighted by Crippen LogP contribution is -2.61. The molecule has 0 unspecified atom stereocenters. The molecule has 1 saturated heterocycles. The fourth-order valence-corrected chi connectivity index (χ4v) is 3.83. The number of likely N-dealkylation sites (tertiary alicyclic amines) is 1. The van der Waals surface area contributed by atoms with Crippen LogP contribution < -0.4 is 0 Å². The Kier molecular flexibility index (Phi) is 4.35. The largest absolute Gasteiger partial charge is 0.386 e.